The van der Waals surface area contributed by atoms with E-state index in [1.54, 1.807) is 25.1 Å². The van der Waals surface area contributed by atoms with Gasteiger partial charge in [-0.2, -0.15) is 0 Å². The highest BCUT2D eigenvalue weighted by Gasteiger charge is 2.21. The lowest BCUT2D eigenvalue weighted by atomic mass is 10.2. The summed E-state index contributed by atoms with van der Waals surface area (Å²) >= 11 is 0. The molecule has 0 saturated heterocycles. The molecule has 6 heteroatoms. The third-order valence-corrected chi connectivity index (χ3v) is 4.20. The zero-order chi connectivity index (χ0) is 14.8. The van der Waals surface area contributed by atoms with Crippen molar-refractivity contribution in [3.8, 4) is 5.75 Å². The van der Waals surface area contributed by atoms with E-state index >= 15 is 0 Å². The van der Waals surface area contributed by atoms with Crippen LogP contribution in [0.25, 0.3) is 0 Å². The Morgan fingerprint density at radius 1 is 1.10 bits per heavy atom. The minimum absolute atomic E-state index is 0.123. The van der Waals surface area contributed by atoms with Gasteiger partial charge in [-0.25, -0.2) is 13.1 Å². The smallest absolute Gasteiger partial charge is 0.264 e. The fourth-order valence-corrected chi connectivity index (χ4v) is 2.94. The number of benzene rings is 2. The van der Waals surface area contributed by atoms with Gasteiger partial charge >= 0.3 is 0 Å². The van der Waals surface area contributed by atoms with E-state index in [2.05, 4.69) is 0 Å². The van der Waals surface area contributed by atoms with Gasteiger partial charge in [0.1, 0.15) is 5.75 Å². The Morgan fingerprint density at radius 2 is 1.75 bits per heavy atom. The van der Waals surface area contributed by atoms with Crippen molar-refractivity contribution in [1.29, 1.82) is 0 Å². The second-order valence-electron chi connectivity index (χ2n) is 4.25. The van der Waals surface area contributed by atoms with Gasteiger partial charge in [0.05, 0.1) is 4.90 Å². The van der Waals surface area contributed by atoms with Crippen LogP contribution in [-0.4, -0.2) is 19.4 Å². The first-order valence-electron chi connectivity index (χ1n) is 5.82. The van der Waals surface area contributed by atoms with Crippen molar-refractivity contribution >= 4 is 15.9 Å². The number of aryl methyl sites for hydroxylation is 1. The van der Waals surface area contributed by atoms with Gasteiger partial charge in [-0.15, -0.1) is 0 Å². The molecule has 0 aliphatic heterocycles. The van der Waals surface area contributed by atoms with Crippen LogP contribution in [0.15, 0.2) is 53.4 Å². The molecule has 0 radical (unpaired) electrons. The van der Waals surface area contributed by atoms with E-state index in [1.165, 1.54) is 24.3 Å². The molecule has 2 rings (SSSR count). The summed E-state index contributed by atoms with van der Waals surface area (Å²) in [4.78, 5) is 11.8. The van der Waals surface area contributed by atoms with Crippen LogP contribution in [0, 0.1) is 6.92 Å². The lowest BCUT2D eigenvalue weighted by Crippen LogP contribution is -2.31. The van der Waals surface area contributed by atoms with E-state index < -0.39 is 15.9 Å². The van der Waals surface area contributed by atoms with Gasteiger partial charge in [0, 0.05) is 11.6 Å². The van der Waals surface area contributed by atoms with Crippen LogP contribution < -0.4 is 4.72 Å². The second kappa shape index (κ2) is 5.34. The molecule has 0 spiro atoms. The van der Waals surface area contributed by atoms with Gasteiger partial charge in [0.2, 0.25) is 0 Å². The highest BCUT2D eigenvalue weighted by atomic mass is 32.2. The molecule has 2 N–H and O–H groups in total. The minimum Gasteiger partial charge on any atom is -0.508 e. The molecule has 0 heterocycles. The normalized spacial score (nSPS) is 11.1. The molecular weight excluding hydrogens is 278 g/mol. The average molecular weight is 291 g/mol. The summed E-state index contributed by atoms with van der Waals surface area (Å²) < 4.78 is 26.3. The number of sulfonamides is 1. The average Bonchev–Trinajstić information content (AvgIpc) is 2.42. The van der Waals surface area contributed by atoms with Crippen molar-refractivity contribution in [2.45, 2.75) is 11.8 Å². The largest absolute Gasteiger partial charge is 0.508 e. The van der Waals surface area contributed by atoms with Gasteiger partial charge in [0.25, 0.3) is 15.9 Å². The SMILES string of the molecule is Cc1ccc(O)cc1S(=O)(=O)NC(=O)c1ccccc1. The number of phenols is 1. The highest BCUT2D eigenvalue weighted by molar-refractivity contribution is 7.90. The van der Waals surface area contributed by atoms with E-state index in [4.69, 9.17) is 0 Å². The van der Waals surface area contributed by atoms with Crippen LogP contribution >= 0.6 is 0 Å². The minimum atomic E-state index is -4.02. The van der Waals surface area contributed by atoms with Gasteiger partial charge in [-0.05, 0) is 30.7 Å². The zero-order valence-corrected chi connectivity index (χ0v) is 11.5. The highest BCUT2D eigenvalue weighted by Crippen LogP contribution is 2.20. The van der Waals surface area contributed by atoms with Crippen LogP contribution in [0.5, 0.6) is 5.75 Å². The van der Waals surface area contributed by atoms with E-state index in [9.17, 15) is 18.3 Å². The number of phenolic OH excluding ortho intramolecular Hbond substituents is 1. The molecule has 20 heavy (non-hydrogen) atoms. The lowest BCUT2D eigenvalue weighted by molar-refractivity contribution is 0.0981. The molecule has 0 saturated carbocycles. The van der Waals surface area contributed by atoms with Crippen LogP contribution in [0.1, 0.15) is 15.9 Å². The molecule has 0 bridgehead atoms. The lowest BCUT2D eigenvalue weighted by Gasteiger charge is -2.09. The molecule has 2 aromatic carbocycles. The Labute approximate surface area is 116 Å². The van der Waals surface area contributed by atoms with E-state index in [0.29, 0.717) is 5.56 Å². The Kier molecular flexibility index (Phi) is 3.76. The summed E-state index contributed by atoms with van der Waals surface area (Å²) in [6.07, 6.45) is 0. The van der Waals surface area contributed by atoms with Crippen LogP contribution in [0.3, 0.4) is 0 Å². The maximum absolute atomic E-state index is 12.1. The van der Waals surface area contributed by atoms with Crippen LogP contribution in [0.2, 0.25) is 0 Å². The summed E-state index contributed by atoms with van der Waals surface area (Å²) in [6.45, 7) is 1.58. The first kappa shape index (κ1) is 14.1. The Balaban J connectivity index is 2.33. The number of hydrogen-bond donors (Lipinski definition) is 2. The monoisotopic (exact) mass is 291 g/mol. The first-order chi connectivity index (χ1) is 9.40. The fourth-order valence-electron chi connectivity index (χ4n) is 1.70. The van der Waals surface area contributed by atoms with Crippen molar-refractivity contribution in [2.75, 3.05) is 0 Å². The molecule has 104 valence electrons. The van der Waals surface area contributed by atoms with E-state index in [1.807, 2.05) is 4.72 Å². The molecule has 0 atom stereocenters. The van der Waals surface area contributed by atoms with Crippen molar-refractivity contribution in [3.63, 3.8) is 0 Å². The number of nitrogens with one attached hydrogen (secondary N) is 1. The zero-order valence-electron chi connectivity index (χ0n) is 10.7. The van der Waals surface area contributed by atoms with Gasteiger partial charge in [-0.1, -0.05) is 24.3 Å². The summed E-state index contributed by atoms with van der Waals surface area (Å²) in [5.74, 6) is -0.892. The van der Waals surface area contributed by atoms with Crippen LogP contribution in [0.4, 0.5) is 0 Å². The maximum atomic E-state index is 12.1. The molecule has 5 nitrogen and oxygen atoms in total. The predicted molar refractivity (Wildman–Crippen MR) is 73.9 cm³/mol. The molecule has 2 aromatic rings. The second-order valence-corrected chi connectivity index (χ2v) is 5.90. The summed E-state index contributed by atoms with van der Waals surface area (Å²) in [7, 11) is -4.02. The Hall–Kier alpha value is -2.34. The molecular formula is C14H13NO4S. The number of rotatable bonds is 3. The quantitative estimate of drug-likeness (QED) is 0.903. The van der Waals surface area contributed by atoms with E-state index in [0.717, 1.165) is 6.07 Å². The summed E-state index contributed by atoms with van der Waals surface area (Å²) in [6, 6.07) is 12.0. The van der Waals surface area contributed by atoms with Crippen molar-refractivity contribution in [3.05, 3.63) is 59.7 Å². The summed E-state index contributed by atoms with van der Waals surface area (Å²) in [5, 5.41) is 9.37. The van der Waals surface area contributed by atoms with Crippen molar-refractivity contribution in [2.24, 2.45) is 0 Å². The standard InChI is InChI=1S/C14H13NO4S/c1-10-7-8-12(16)9-13(10)20(18,19)15-14(17)11-5-3-2-4-6-11/h2-9,16H,1H3,(H,15,17). The number of amides is 1. The topological polar surface area (TPSA) is 83.5 Å². The maximum Gasteiger partial charge on any atom is 0.264 e. The molecule has 0 aromatic heterocycles. The molecule has 1 amide bonds. The molecule has 0 aliphatic carbocycles. The molecule has 0 fully saturated rings. The Morgan fingerprint density at radius 3 is 2.40 bits per heavy atom. The first-order valence-corrected chi connectivity index (χ1v) is 7.30. The number of carbonyl (C=O) groups excluding carboxylic acids is 1. The third-order valence-electron chi connectivity index (χ3n) is 2.72. The fraction of sp³-hybridized carbons (Fsp3) is 0.0714. The van der Waals surface area contributed by atoms with Gasteiger partial charge in [-0.3, -0.25) is 4.79 Å². The molecule has 0 unspecified atom stereocenters. The van der Waals surface area contributed by atoms with Crippen molar-refractivity contribution in [1.82, 2.24) is 4.72 Å². The number of carbonyl (C=O) groups is 1. The Bertz CT molecular complexity index is 739. The van der Waals surface area contributed by atoms with Crippen molar-refractivity contribution < 1.29 is 18.3 Å². The third kappa shape index (κ3) is 2.97. The number of aromatic hydroxyl groups is 1. The van der Waals surface area contributed by atoms with Gasteiger partial charge in [0.15, 0.2) is 0 Å². The van der Waals surface area contributed by atoms with E-state index in [-0.39, 0.29) is 16.2 Å². The number of hydrogen-bond acceptors (Lipinski definition) is 4. The van der Waals surface area contributed by atoms with Crippen LogP contribution in [-0.2, 0) is 10.0 Å². The predicted octanol–water partition coefficient (Wildman–Crippen LogP) is 1.82. The summed E-state index contributed by atoms with van der Waals surface area (Å²) in [5.41, 5.74) is 0.685. The molecule has 0 aliphatic rings. The van der Waals surface area contributed by atoms with Gasteiger partial charge < -0.3 is 5.11 Å².